The maximum absolute atomic E-state index is 11.5. The van der Waals surface area contributed by atoms with Crippen LogP contribution in [-0.2, 0) is 19.4 Å². The molecule has 1 unspecified atom stereocenters. The Morgan fingerprint density at radius 2 is 2.29 bits per heavy atom. The van der Waals surface area contributed by atoms with Crippen LogP contribution < -0.4 is 0 Å². The fourth-order valence-electron chi connectivity index (χ4n) is 0.693. The van der Waals surface area contributed by atoms with Gasteiger partial charge in [-0.3, -0.25) is 4.79 Å². The molecule has 0 aromatic rings. The molecule has 6 heteroatoms. The van der Waals surface area contributed by atoms with Crippen LogP contribution >= 0.6 is 10.8 Å². The summed E-state index contributed by atoms with van der Waals surface area (Å²) in [6.07, 6.45) is 0. The van der Waals surface area contributed by atoms with E-state index >= 15 is 0 Å². The summed E-state index contributed by atoms with van der Waals surface area (Å²) in [5, 5.41) is 9.22. The smallest absolute Gasteiger partial charge is 0.298 e. The van der Waals surface area contributed by atoms with Gasteiger partial charge in [-0.05, 0) is 6.92 Å². The summed E-state index contributed by atoms with van der Waals surface area (Å²) in [6, 6.07) is 0. The number of aliphatic hydroxyl groups excluding tert-OH is 1. The largest absolute Gasteiger partial charge is 0.511 e. The number of aliphatic hydroxyl groups is 1. The third-order valence-electron chi connectivity index (χ3n) is 1.16. The Labute approximate surface area is 88.9 Å². The summed E-state index contributed by atoms with van der Waals surface area (Å²) >= 11 is 0. The Kier molecular flexibility index (Phi) is 6.31. The Morgan fingerprint density at radius 3 is 2.64 bits per heavy atom. The predicted octanol–water partition coefficient (Wildman–Crippen LogP) is 1.88. The summed E-state index contributed by atoms with van der Waals surface area (Å²) in [4.78, 5) is 10.1. The zero-order valence-corrected chi connectivity index (χ0v) is 9.61. The molecular weight excluding hydrogens is 224 g/mol. The minimum absolute atomic E-state index is 0.0592. The second-order valence-electron chi connectivity index (χ2n) is 2.19. The van der Waals surface area contributed by atoms with Crippen LogP contribution in [0.4, 0.5) is 0 Å². The van der Waals surface area contributed by atoms with Crippen LogP contribution in [0.3, 0.4) is 0 Å². The molecule has 0 aromatic heterocycles. The van der Waals surface area contributed by atoms with Crippen molar-refractivity contribution in [1.82, 2.24) is 0 Å². The molecule has 14 heavy (non-hydrogen) atoms. The molecule has 0 aliphatic heterocycles. The number of hydrogen-bond acceptors (Lipinski definition) is 5. The normalized spacial score (nSPS) is 14.1. The number of ether oxygens (including phenoxy) is 1. The summed E-state index contributed by atoms with van der Waals surface area (Å²) < 4.78 is 15.9. The number of carbonyl (C=O) groups is 1. The van der Waals surface area contributed by atoms with Gasteiger partial charge in [0.25, 0.3) is 6.47 Å². The first-order valence-corrected chi connectivity index (χ1v) is 6.44. The predicted molar refractivity (Wildman–Crippen MR) is 57.9 cm³/mol. The van der Waals surface area contributed by atoms with Crippen LogP contribution in [0, 0.1) is 0 Å². The van der Waals surface area contributed by atoms with Gasteiger partial charge in [-0.1, -0.05) is 24.3 Å². The van der Waals surface area contributed by atoms with Gasteiger partial charge in [0, 0.05) is 5.75 Å². The summed E-state index contributed by atoms with van der Waals surface area (Å²) in [7, 11) is -0.337. The molecule has 0 radical (unpaired) electrons. The molecule has 0 spiro atoms. The minimum Gasteiger partial charge on any atom is -0.511 e. The summed E-state index contributed by atoms with van der Waals surface area (Å²) in [5.41, 5.74) is 0. The highest BCUT2D eigenvalue weighted by Gasteiger charge is 2.16. The van der Waals surface area contributed by atoms with E-state index in [1.807, 2.05) is 6.92 Å². The molecule has 1 atom stereocenters. The maximum Gasteiger partial charge on any atom is 0.298 e. The lowest BCUT2D eigenvalue weighted by atomic mass is 10.4. The van der Waals surface area contributed by atoms with Gasteiger partial charge in [0.05, 0.1) is 0 Å². The van der Waals surface area contributed by atoms with E-state index in [0.29, 0.717) is 5.75 Å². The SMILES string of the molecule is C=C(OC=O)/C(=C(/C)O)S(=O)SCC. The van der Waals surface area contributed by atoms with Crippen LogP contribution in [0.1, 0.15) is 13.8 Å². The van der Waals surface area contributed by atoms with Crippen molar-refractivity contribution in [1.29, 1.82) is 0 Å². The van der Waals surface area contributed by atoms with Gasteiger partial charge in [0.2, 0.25) is 0 Å². The Hall–Kier alpha value is -0.750. The van der Waals surface area contributed by atoms with Crippen molar-refractivity contribution in [2.24, 2.45) is 0 Å². The highest BCUT2D eigenvalue weighted by atomic mass is 33.1. The minimum atomic E-state index is -1.46. The number of allylic oxidation sites excluding steroid dienone is 1. The quantitative estimate of drug-likeness (QED) is 0.330. The van der Waals surface area contributed by atoms with Crippen molar-refractivity contribution in [3.63, 3.8) is 0 Å². The van der Waals surface area contributed by atoms with Crippen molar-refractivity contribution in [3.05, 3.63) is 23.0 Å². The highest BCUT2D eigenvalue weighted by molar-refractivity contribution is 8.70. The second kappa shape index (κ2) is 6.67. The fourth-order valence-corrected chi connectivity index (χ4v) is 3.14. The first-order valence-electron chi connectivity index (χ1n) is 3.79. The summed E-state index contributed by atoms with van der Waals surface area (Å²) in [6.45, 7) is 6.76. The molecule has 0 rings (SSSR count). The molecule has 0 saturated heterocycles. The van der Waals surface area contributed by atoms with Gasteiger partial charge in [-0.15, -0.1) is 0 Å². The van der Waals surface area contributed by atoms with Crippen molar-refractivity contribution in [3.8, 4) is 0 Å². The fraction of sp³-hybridized carbons (Fsp3) is 0.375. The third kappa shape index (κ3) is 3.97. The second-order valence-corrected chi connectivity index (χ2v) is 5.50. The van der Waals surface area contributed by atoms with Gasteiger partial charge in [-0.25, -0.2) is 4.21 Å². The first kappa shape index (κ1) is 13.2. The van der Waals surface area contributed by atoms with Gasteiger partial charge < -0.3 is 9.84 Å². The van der Waals surface area contributed by atoms with Crippen LogP contribution in [0.5, 0.6) is 0 Å². The molecule has 1 N–H and O–H groups in total. The monoisotopic (exact) mass is 236 g/mol. The molecule has 0 bridgehead atoms. The van der Waals surface area contributed by atoms with E-state index in [0.717, 1.165) is 10.8 Å². The van der Waals surface area contributed by atoms with Crippen molar-refractivity contribution in [2.75, 3.05) is 5.75 Å². The highest BCUT2D eigenvalue weighted by Crippen LogP contribution is 2.24. The molecule has 0 aliphatic rings. The Bertz CT molecular complexity index is 279. The number of carbonyl (C=O) groups excluding carboxylic acids is 1. The van der Waals surface area contributed by atoms with Crippen molar-refractivity contribution < 1.29 is 18.8 Å². The number of hydrogen-bond donors (Lipinski definition) is 1. The molecule has 0 heterocycles. The lowest BCUT2D eigenvalue weighted by Gasteiger charge is -2.07. The standard InChI is InChI=1S/C8H12O4S2/c1-4-13-14(11)8(6(2)10)7(3)12-5-9/h5,10H,3-4H2,1-2H3/b8-6+. The Balaban J connectivity index is 4.80. The molecular formula is C8H12O4S2. The molecule has 0 fully saturated rings. The Morgan fingerprint density at radius 1 is 1.71 bits per heavy atom. The van der Waals surface area contributed by atoms with Crippen molar-refractivity contribution >= 4 is 27.1 Å². The van der Waals surface area contributed by atoms with Gasteiger partial charge in [-0.2, -0.15) is 0 Å². The molecule has 0 aliphatic carbocycles. The molecule has 80 valence electrons. The van der Waals surface area contributed by atoms with E-state index in [-0.39, 0.29) is 22.9 Å². The van der Waals surface area contributed by atoms with E-state index in [9.17, 15) is 14.1 Å². The summed E-state index contributed by atoms with van der Waals surface area (Å²) in [5.74, 6) is 0.382. The average Bonchev–Trinajstić information content (AvgIpc) is 2.04. The van der Waals surface area contributed by atoms with Crippen LogP contribution in [0.15, 0.2) is 23.0 Å². The lowest BCUT2D eigenvalue weighted by molar-refractivity contribution is -0.124. The van der Waals surface area contributed by atoms with E-state index in [1.54, 1.807) is 0 Å². The number of rotatable bonds is 6. The van der Waals surface area contributed by atoms with Crippen molar-refractivity contribution in [2.45, 2.75) is 13.8 Å². The third-order valence-corrected chi connectivity index (χ3v) is 4.32. The molecule has 0 aromatic carbocycles. The maximum atomic E-state index is 11.5. The van der Waals surface area contributed by atoms with Gasteiger partial charge >= 0.3 is 0 Å². The van der Waals surface area contributed by atoms with Gasteiger partial charge in [0.1, 0.15) is 26.3 Å². The van der Waals surface area contributed by atoms with Gasteiger partial charge in [0.15, 0.2) is 0 Å². The average molecular weight is 236 g/mol. The molecule has 0 saturated carbocycles. The topological polar surface area (TPSA) is 63.6 Å². The van der Waals surface area contributed by atoms with Crippen LogP contribution in [0.25, 0.3) is 0 Å². The van der Waals surface area contributed by atoms with E-state index in [2.05, 4.69) is 11.3 Å². The lowest BCUT2D eigenvalue weighted by Crippen LogP contribution is -2.01. The van der Waals surface area contributed by atoms with Crippen LogP contribution in [0.2, 0.25) is 0 Å². The zero-order chi connectivity index (χ0) is 11.1. The zero-order valence-electron chi connectivity index (χ0n) is 7.98. The van der Waals surface area contributed by atoms with E-state index < -0.39 is 9.83 Å². The van der Waals surface area contributed by atoms with E-state index in [1.165, 1.54) is 6.92 Å². The van der Waals surface area contributed by atoms with E-state index in [4.69, 9.17) is 0 Å². The molecule has 4 nitrogen and oxygen atoms in total. The first-order chi connectivity index (χ1) is 6.54. The molecule has 0 amide bonds. The van der Waals surface area contributed by atoms with Crippen LogP contribution in [-0.4, -0.2) is 21.5 Å².